The molecule has 4 nitrogen and oxygen atoms in total. The van der Waals surface area contributed by atoms with Crippen LogP contribution >= 0.6 is 0 Å². The number of nitrogens with one attached hydrogen (secondary N) is 2. The molecule has 24 heavy (non-hydrogen) atoms. The number of fused-ring (bicyclic) bond motifs is 2. The van der Waals surface area contributed by atoms with Gasteiger partial charge >= 0.3 is 0 Å². The molecule has 2 N–H and O–H groups in total. The van der Waals surface area contributed by atoms with Crippen molar-refractivity contribution in [3.63, 3.8) is 0 Å². The topological polar surface area (TPSA) is 44.4 Å². The predicted octanol–water partition coefficient (Wildman–Crippen LogP) is 2.30. The van der Waals surface area contributed by atoms with Gasteiger partial charge in [-0.1, -0.05) is 30.3 Å². The fraction of sp³-hybridized carbons (Fsp3) is 0.650. The molecule has 3 aliphatic rings. The third kappa shape index (κ3) is 3.81. The Morgan fingerprint density at radius 2 is 1.88 bits per heavy atom. The number of hydrogen-bond donors (Lipinski definition) is 2. The predicted molar refractivity (Wildman–Crippen MR) is 95.6 cm³/mol. The molecular weight excluding hydrogens is 298 g/mol. The summed E-state index contributed by atoms with van der Waals surface area (Å²) in [4.78, 5) is 15.2. The molecule has 0 radical (unpaired) electrons. The Morgan fingerprint density at radius 1 is 1.12 bits per heavy atom. The van der Waals surface area contributed by atoms with Crippen LogP contribution in [-0.2, 0) is 11.3 Å². The molecular formula is C20H29N3O. The number of rotatable bonds is 4. The molecule has 0 aliphatic carbocycles. The van der Waals surface area contributed by atoms with E-state index < -0.39 is 0 Å². The SMILES string of the molecule is O=C(NC1CC2CCC(C1)N2)C1CCCN(Cc2ccccc2)C1. The van der Waals surface area contributed by atoms with Crippen molar-refractivity contribution in [3.8, 4) is 0 Å². The molecule has 4 rings (SSSR count). The molecule has 3 heterocycles. The van der Waals surface area contributed by atoms with Crippen LogP contribution in [0.3, 0.4) is 0 Å². The molecule has 2 bridgehead atoms. The minimum absolute atomic E-state index is 0.162. The number of benzene rings is 1. The van der Waals surface area contributed by atoms with Crippen LogP contribution < -0.4 is 10.6 Å². The van der Waals surface area contributed by atoms with E-state index in [1.54, 1.807) is 0 Å². The van der Waals surface area contributed by atoms with E-state index in [0.29, 0.717) is 24.0 Å². The number of carbonyl (C=O) groups excluding carboxylic acids is 1. The van der Waals surface area contributed by atoms with Crippen molar-refractivity contribution in [2.45, 2.75) is 63.2 Å². The van der Waals surface area contributed by atoms with Crippen molar-refractivity contribution in [1.29, 1.82) is 0 Å². The molecule has 3 atom stereocenters. The van der Waals surface area contributed by atoms with Crippen LogP contribution in [0.15, 0.2) is 30.3 Å². The van der Waals surface area contributed by atoms with Gasteiger partial charge in [-0.2, -0.15) is 0 Å². The third-order valence-corrected chi connectivity index (χ3v) is 5.94. The summed E-state index contributed by atoms with van der Waals surface area (Å²) in [7, 11) is 0. The second kappa shape index (κ2) is 7.24. The monoisotopic (exact) mass is 327 g/mol. The molecule has 130 valence electrons. The molecule has 4 heteroatoms. The summed E-state index contributed by atoms with van der Waals surface area (Å²) in [5.41, 5.74) is 1.34. The van der Waals surface area contributed by atoms with Gasteiger partial charge in [0, 0.05) is 31.2 Å². The van der Waals surface area contributed by atoms with E-state index in [1.807, 2.05) is 0 Å². The van der Waals surface area contributed by atoms with E-state index in [9.17, 15) is 4.79 Å². The number of likely N-dealkylation sites (tertiary alicyclic amines) is 1. The number of carbonyl (C=O) groups is 1. The lowest BCUT2D eigenvalue weighted by atomic mass is 9.94. The number of piperidine rings is 2. The summed E-state index contributed by atoms with van der Waals surface area (Å²) < 4.78 is 0. The molecule has 1 amide bonds. The highest BCUT2D eigenvalue weighted by Crippen LogP contribution is 2.27. The Bertz CT molecular complexity index is 549. The first-order valence-electron chi connectivity index (χ1n) is 9.59. The lowest BCUT2D eigenvalue weighted by Crippen LogP contribution is -2.51. The molecule has 0 aromatic heterocycles. The van der Waals surface area contributed by atoms with Gasteiger partial charge in [-0.25, -0.2) is 0 Å². The molecule has 3 saturated heterocycles. The Morgan fingerprint density at radius 3 is 2.62 bits per heavy atom. The van der Waals surface area contributed by atoms with E-state index in [-0.39, 0.29) is 5.92 Å². The van der Waals surface area contributed by atoms with Crippen molar-refractivity contribution in [1.82, 2.24) is 15.5 Å². The molecule has 1 aromatic carbocycles. The Balaban J connectivity index is 1.29. The van der Waals surface area contributed by atoms with Crippen LogP contribution in [0.4, 0.5) is 0 Å². The van der Waals surface area contributed by atoms with E-state index >= 15 is 0 Å². The van der Waals surface area contributed by atoms with Gasteiger partial charge in [0.1, 0.15) is 0 Å². The fourth-order valence-corrected chi connectivity index (χ4v) is 4.75. The summed E-state index contributed by atoms with van der Waals surface area (Å²) in [6, 6.07) is 12.3. The van der Waals surface area contributed by atoms with Crippen molar-refractivity contribution in [3.05, 3.63) is 35.9 Å². The van der Waals surface area contributed by atoms with Crippen LogP contribution in [0.25, 0.3) is 0 Å². The summed E-state index contributed by atoms with van der Waals surface area (Å²) in [6.45, 7) is 2.97. The maximum atomic E-state index is 12.7. The highest BCUT2D eigenvalue weighted by atomic mass is 16.2. The van der Waals surface area contributed by atoms with Crippen molar-refractivity contribution in [2.24, 2.45) is 5.92 Å². The van der Waals surface area contributed by atoms with Gasteiger partial charge < -0.3 is 10.6 Å². The molecule has 0 spiro atoms. The zero-order valence-electron chi connectivity index (χ0n) is 14.4. The number of hydrogen-bond acceptors (Lipinski definition) is 3. The zero-order chi connectivity index (χ0) is 16.4. The second-order valence-electron chi connectivity index (χ2n) is 7.87. The Labute approximate surface area is 145 Å². The van der Waals surface area contributed by atoms with E-state index in [4.69, 9.17) is 0 Å². The average molecular weight is 327 g/mol. The van der Waals surface area contributed by atoms with E-state index in [2.05, 4.69) is 45.9 Å². The Hall–Kier alpha value is -1.39. The largest absolute Gasteiger partial charge is 0.353 e. The highest BCUT2D eigenvalue weighted by Gasteiger charge is 2.35. The average Bonchev–Trinajstić information content (AvgIpc) is 2.94. The minimum atomic E-state index is 0.162. The normalized spacial score (nSPS) is 33.3. The summed E-state index contributed by atoms with van der Waals surface area (Å²) in [5.74, 6) is 0.453. The maximum absolute atomic E-state index is 12.7. The van der Waals surface area contributed by atoms with Crippen molar-refractivity contribution in [2.75, 3.05) is 13.1 Å². The van der Waals surface area contributed by atoms with Crippen LogP contribution in [0.1, 0.15) is 44.1 Å². The maximum Gasteiger partial charge on any atom is 0.224 e. The molecule has 0 saturated carbocycles. The smallest absolute Gasteiger partial charge is 0.224 e. The van der Waals surface area contributed by atoms with Crippen LogP contribution in [0.5, 0.6) is 0 Å². The van der Waals surface area contributed by atoms with Gasteiger partial charge in [-0.15, -0.1) is 0 Å². The first-order chi connectivity index (χ1) is 11.8. The summed E-state index contributed by atoms with van der Waals surface area (Å²) in [5, 5.41) is 7.02. The molecule has 3 aliphatic heterocycles. The van der Waals surface area contributed by atoms with E-state index in [0.717, 1.165) is 45.3 Å². The van der Waals surface area contributed by atoms with Gasteiger partial charge in [0.15, 0.2) is 0 Å². The quantitative estimate of drug-likeness (QED) is 0.892. The van der Waals surface area contributed by atoms with Crippen LogP contribution in [0.2, 0.25) is 0 Å². The standard InChI is InChI=1S/C20H29N3O/c24-20(22-19-11-17-8-9-18(12-19)21-17)16-7-4-10-23(14-16)13-15-5-2-1-3-6-15/h1-3,5-6,16-19,21H,4,7-14H2,(H,22,24). The van der Waals surface area contributed by atoms with Gasteiger partial charge in [0.25, 0.3) is 0 Å². The van der Waals surface area contributed by atoms with Gasteiger partial charge in [0.2, 0.25) is 5.91 Å². The first-order valence-corrected chi connectivity index (χ1v) is 9.59. The van der Waals surface area contributed by atoms with E-state index in [1.165, 1.54) is 18.4 Å². The fourth-order valence-electron chi connectivity index (χ4n) is 4.75. The van der Waals surface area contributed by atoms with Crippen LogP contribution in [-0.4, -0.2) is 42.0 Å². The zero-order valence-corrected chi connectivity index (χ0v) is 14.4. The number of amides is 1. The molecule has 3 fully saturated rings. The summed E-state index contributed by atoms with van der Waals surface area (Å²) >= 11 is 0. The van der Waals surface area contributed by atoms with Gasteiger partial charge in [0.05, 0.1) is 5.92 Å². The van der Waals surface area contributed by atoms with Crippen molar-refractivity contribution >= 4 is 5.91 Å². The first kappa shape index (κ1) is 16.1. The van der Waals surface area contributed by atoms with Gasteiger partial charge in [-0.05, 0) is 50.6 Å². The Kier molecular flexibility index (Phi) is 4.86. The van der Waals surface area contributed by atoms with Crippen molar-refractivity contribution < 1.29 is 4.79 Å². The molecule has 1 aromatic rings. The second-order valence-corrected chi connectivity index (χ2v) is 7.87. The van der Waals surface area contributed by atoms with Gasteiger partial charge in [-0.3, -0.25) is 9.69 Å². The van der Waals surface area contributed by atoms with Crippen LogP contribution in [0, 0.1) is 5.92 Å². The summed E-state index contributed by atoms with van der Waals surface area (Å²) in [6.07, 6.45) is 6.96. The lowest BCUT2D eigenvalue weighted by molar-refractivity contribution is -0.127. The number of nitrogens with zero attached hydrogens (tertiary/aromatic N) is 1. The lowest BCUT2D eigenvalue weighted by Gasteiger charge is -2.34. The molecule has 3 unspecified atom stereocenters. The third-order valence-electron chi connectivity index (χ3n) is 5.94. The minimum Gasteiger partial charge on any atom is -0.353 e. The highest BCUT2D eigenvalue weighted by molar-refractivity contribution is 5.79.